The Kier molecular flexibility index (Phi) is 5.21. The molecule has 1 atom stereocenters. The van der Waals surface area contributed by atoms with E-state index in [4.69, 9.17) is 5.73 Å². The Balaban J connectivity index is 1.68. The number of benzene rings is 1. The summed E-state index contributed by atoms with van der Waals surface area (Å²) in [5, 5.41) is 0. The van der Waals surface area contributed by atoms with E-state index < -0.39 is 23.6 Å². The van der Waals surface area contributed by atoms with E-state index in [2.05, 4.69) is 19.9 Å². The predicted octanol–water partition coefficient (Wildman–Crippen LogP) is 3.50. The second-order valence-electron chi connectivity index (χ2n) is 6.50. The van der Waals surface area contributed by atoms with Gasteiger partial charge in [0.25, 0.3) is 0 Å². The maximum Gasteiger partial charge on any atom is 0.231 e. The number of nitrogens with zero attached hydrogens (tertiary/aromatic N) is 4. The number of amides is 1. The molecule has 4 rings (SSSR count). The van der Waals surface area contributed by atoms with E-state index in [1.165, 1.54) is 24.4 Å². The van der Waals surface area contributed by atoms with Gasteiger partial charge < -0.3 is 5.73 Å². The minimum absolute atomic E-state index is 0.189. The van der Waals surface area contributed by atoms with Crippen LogP contribution in [0.1, 0.15) is 17.2 Å². The average Bonchev–Trinajstić information content (AvgIpc) is 2.75. The van der Waals surface area contributed by atoms with Crippen LogP contribution in [0, 0.1) is 11.8 Å². The zero-order chi connectivity index (χ0) is 21.1. The van der Waals surface area contributed by atoms with Crippen LogP contribution in [-0.4, -0.2) is 25.8 Å². The van der Waals surface area contributed by atoms with E-state index in [9.17, 15) is 13.6 Å². The standard InChI is InChI=1S/C22H15F2N5O/c23-17-9-14(1-3-16(17)13-5-6-28-20(24)10-13)21(22(25)30)18-4-2-15(11-29-18)19-12-26-7-8-27-19/h1-12,21H,(H2,25,30). The highest BCUT2D eigenvalue weighted by atomic mass is 19.1. The molecule has 6 nitrogen and oxygen atoms in total. The third-order valence-corrected chi connectivity index (χ3v) is 4.59. The predicted molar refractivity (Wildman–Crippen MR) is 106 cm³/mol. The van der Waals surface area contributed by atoms with Gasteiger partial charge >= 0.3 is 0 Å². The molecule has 3 aromatic heterocycles. The summed E-state index contributed by atoms with van der Waals surface area (Å²) in [4.78, 5) is 28.1. The van der Waals surface area contributed by atoms with Crippen LogP contribution in [-0.2, 0) is 4.79 Å². The molecule has 0 aliphatic heterocycles. The summed E-state index contributed by atoms with van der Waals surface area (Å²) in [5.41, 5.74) is 8.19. The van der Waals surface area contributed by atoms with Crippen molar-refractivity contribution in [3.63, 3.8) is 0 Å². The van der Waals surface area contributed by atoms with E-state index in [1.54, 1.807) is 43.0 Å². The quantitative estimate of drug-likeness (QED) is 0.515. The van der Waals surface area contributed by atoms with Crippen molar-refractivity contribution >= 4 is 5.91 Å². The molecule has 0 aliphatic rings. The first-order valence-electron chi connectivity index (χ1n) is 8.96. The molecule has 4 aromatic rings. The van der Waals surface area contributed by atoms with Gasteiger partial charge in [-0.05, 0) is 35.4 Å². The van der Waals surface area contributed by atoms with Crippen LogP contribution in [0.25, 0.3) is 22.4 Å². The highest BCUT2D eigenvalue weighted by Crippen LogP contribution is 2.29. The molecular formula is C22H15F2N5O. The van der Waals surface area contributed by atoms with Gasteiger partial charge in [-0.25, -0.2) is 9.37 Å². The minimum atomic E-state index is -0.946. The second kappa shape index (κ2) is 8.12. The minimum Gasteiger partial charge on any atom is -0.369 e. The third-order valence-electron chi connectivity index (χ3n) is 4.59. The van der Waals surface area contributed by atoms with Crippen molar-refractivity contribution in [1.29, 1.82) is 0 Å². The normalized spacial score (nSPS) is 11.8. The molecule has 8 heteroatoms. The molecule has 0 aliphatic carbocycles. The molecule has 0 spiro atoms. The van der Waals surface area contributed by atoms with Gasteiger partial charge in [-0.2, -0.15) is 4.39 Å². The van der Waals surface area contributed by atoms with Crippen molar-refractivity contribution in [2.45, 2.75) is 5.92 Å². The second-order valence-corrected chi connectivity index (χ2v) is 6.50. The molecule has 1 aromatic carbocycles. The van der Waals surface area contributed by atoms with Crippen molar-refractivity contribution in [2.75, 3.05) is 0 Å². The molecule has 2 N–H and O–H groups in total. The molecule has 0 bridgehead atoms. The van der Waals surface area contributed by atoms with E-state index in [0.717, 1.165) is 11.6 Å². The summed E-state index contributed by atoms with van der Waals surface area (Å²) < 4.78 is 28.1. The Morgan fingerprint density at radius 1 is 0.867 bits per heavy atom. The van der Waals surface area contributed by atoms with Gasteiger partial charge in [0.2, 0.25) is 11.9 Å². The molecule has 1 unspecified atom stereocenters. The lowest BCUT2D eigenvalue weighted by atomic mass is 9.92. The van der Waals surface area contributed by atoms with Gasteiger partial charge in [0, 0.05) is 42.0 Å². The van der Waals surface area contributed by atoms with Crippen LogP contribution in [0.4, 0.5) is 8.78 Å². The molecule has 148 valence electrons. The Morgan fingerprint density at radius 2 is 1.73 bits per heavy atom. The van der Waals surface area contributed by atoms with Crippen molar-refractivity contribution in [2.24, 2.45) is 5.73 Å². The zero-order valence-electron chi connectivity index (χ0n) is 15.5. The van der Waals surface area contributed by atoms with E-state index in [1.807, 2.05) is 0 Å². The fraction of sp³-hybridized carbons (Fsp3) is 0.0455. The topological polar surface area (TPSA) is 94.7 Å². The summed E-state index contributed by atoms with van der Waals surface area (Å²) >= 11 is 0. The van der Waals surface area contributed by atoms with E-state index >= 15 is 0 Å². The van der Waals surface area contributed by atoms with Crippen LogP contribution in [0.3, 0.4) is 0 Å². The van der Waals surface area contributed by atoms with Crippen LogP contribution < -0.4 is 5.73 Å². The molecule has 0 saturated carbocycles. The van der Waals surface area contributed by atoms with Gasteiger partial charge in [0.05, 0.1) is 17.6 Å². The molecular weight excluding hydrogens is 388 g/mol. The van der Waals surface area contributed by atoms with Crippen LogP contribution in [0.5, 0.6) is 0 Å². The van der Waals surface area contributed by atoms with Crippen LogP contribution >= 0.6 is 0 Å². The monoisotopic (exact) mass is 403 g/mol. The Labute approximate surface area is 170 Å². The summed E-state index contributed by atoms with van der Waals surface area (Å²) in [5.74, 6) is -2.94. The summed E-state index contributed by atoms with van der Waals surface area (Å²) in [7, 11) is 0. The fourth-order valence-electron chi connectivity index (χ4n) is 3.17. The fourth-order valence-corrected chi connectivity index (χ4v) is 3.17. The number of hydrogen-bond donors (Lipinski definition) is 1. The van der Waals surface area contributed by atoms with Crippen molar-refractivity contribution < 1.29 is 13.6 Å². The number of hydrogen-bond acceptors (Lipinski definition) is 5. The molecule has 30 heavy (non-hydrogen) atoms. The van der Waals surface area contributed by atoms with Gasteiger partial charge in [-0.15, -0.1) is 0 Å². The SMILES string of the molecule is NC(=O)C(c1ccc(-c2ccnc(F)c2)c(F)c1)c1ccc(-c2cnccn2)cn1. The number of halogens is 2. The highest BCUT2D eigenvalue weighted by molar-refractivity contribution is 5.85. The molecule has 0 fully saturated rings. The van der Waals surface area contributed by atoms with Gasteiger partial charge in [-0.1, -0.05) is 12.1 Å². The summed E-state index contributed by atoms with van der Waals surface area (Å²) in [6.45, 7) is 0. The first kappa shape index (κ1) is 19.3. The van der Waals surface area contributed by atoms with Crippen molar-refractivity contribution in [3.05, 3.63) is 96.5 Å². The molecule has 3 heterocycles. The maximum absolute atomic E-state index is 14.8. The Hall–Kier alpha value is -4.07. The summed E-state index contributed by atoms with van der Waals surface area (Å²) in [6.07, 6.45) is 7.53. The van der Waals surface area contributed by atoms with E-state index in [0.29, 0.717) is 22.5 Å². The van der Waals surface area contributed by atoms with Gasteiger partial charge in [0.1, 0.15) is 11.7 Å². The number of rotatable bonds is 5. The number of pyridine rings is 2. The van der Waals surface area contributed by atoms with Crippen LogP contribution in [0.2, 0.25) is 0 Å². The number of primary amides is 1. The number of carbonyl (C=O) groups excluding carboxylic acids is 1. The number of aromatic nitrogens is 4. The number of carbonyl (C=O) groups is 1. The smallest absolute Gasteiger partial charge is 0.231 e. The summed E-state index contributed by atoms with van der Waals surface area (Å²) in [6, 6.07) is 10.3. The molecule has 0 radical (unpaired) electrons. The van der Waals surface area contributed by atoms with E-state index in [-0.39, 0.29) is 5.56 Å². The molecule has 1 amide bonds. The molecule has 0 saturated heterocycles. The lowest BCUT2D eigenvalue weighted by molar-refractivity contribution is -0.118. The van der Waals surface area contributed by atoms with Crippen molar-refractivity contribution in [3.8, 4) is 22.4 Å². The Bertz CT molecular complexity index is 1200. The zero-order valence-corrected chi connectivity index (χ0v) is 15.5. The first-order chi connectivity index (χ1) is 14.5. The largest absolute Gasteiger partial charge is 0.369 e. The van der Waals surface area contributed by atoms with Crippen LogP contribution in [0.15, 0.2) is 73.4 Å². The Morgan fingerprint density at radius 3 is 2.37 bits per heavy atom. The lowest BCUT2D eigenvalue weighted by Gasteiger charge is -2.15. The average molecular weight is 403 g/mol. The van der Waals surface area contributed by atoms with Gasteiger partial charge in [-0.3, -0.25) is 19.7 Å². The van der Waals surface area contributed by atoms with Gasteiger partial charge in [0.15, 0.2) is 0 Å². The lowest BCUT2D eigenvalue weighted by Crippen LogP contribution is -2.23. The van der Waals surface area contributed by atoms with Crippen molar-refractivity contribution in [1.82, 2.24) is 19.9 Å². The third kappa shape index (κ3) is 3.88. The maximum atomic E-state index is 14.8. The first-order valence-corrected chi connectivity index (χ1v) is 8.96. The number of nitrogens with two attached hydrogens (primary N) is 1. The highest BCUT2D eigenvalue weighted by Gasteiger charge is 2.23.